The monoisotopic (exact) mass is 837 g/mol. The van der Waals surface area contributed by atoms with Crippen molar-refractivity contribution < 1.29 is 14.7 Å². The highest BCUT2D eigenvalue weighted by molar-refractivity contribution is 8.93. The van der Waals surface area contributed by atoms with Crippen LogP contribution >= 0.6 is 39.7 Å². The standard InChI is InChI=1S/C24H34N4OS.C17H21N3O2S.BrH/c1-6-27(4)16-25-21-13-17(2)19(12-18(21)3)14-23-26-22(15-30-23)24(29)28(5)20-10-8-7-9-11-20;1-5-20(4)10-18-14-7-11(2)13(6-12(14)3)8-16-19-15(9-23-16)17(21)22;/h12-13,15-16,20H,6-11,14H2,1-5H3;6-7,9-10H,5,8H2,1-4H3,(H,21,22);1H. The number of rotatable bonds is 13. The van der Waals surface area contributed by atoms with Gasteiger partial charge in [-0.2, -0.15) is 0 Å². The molecule has 2 aromatic heterocycles. The van der Waals surface area contributed by atoms with Crippen LogP contribution in [0.2, 0.25) is 0 Å². The average molecular weight is 839 g/mol. The minimum atomic E-state index is -0.981. The topological polar surface area (TPSA) is 115 Å². The number of halogens is 1. The summed E-state index contributed by atoms with van der Waals surface area (Å²) in [6.45, 7) is 14.3. The Morgan fingerprint density at radius 1 is 0.741 bits per heavy atom. The largest absolute Gasteiger partial charge is 0.476 e. The molecule has 1 amide bonds. The molecule has 1 aliphatic rings. The fourth-order valence-electron chi connectivity index (χ4n) is 5.99. The van der Waals surface area contributed by atoms with Crippen molar-refractivity contribution in [3.8, 4) is 0 Å². The number of carbonyl (C=O) groups excluding carboxylic acids is 1. The van der Waals surface area contributed by atoms with E-state index >= 15 is 0 Å². The third-order valence-corrected chi connectivity index (χ3v) is 11.5. The number of aliphatic imine (C=N–C) groups is 2. The molecule has 54 heavy (non-hydrogen) atoms. The van der Waals surface area contributed by atoms with Crippen molar-refractivity contribution in [2.75, 3.05) is 34.2 Å². The first kappa shape index (κ1) is 44.5. The highest BCUT2D eigenvalue weighted by Gasteiger charge is 2.24. The number of benzene rings is 2. The van der Waals surface area contributed by atoms with Gasteiger partial charge in [-0.05, 0) is 99.9 Å². The van der Waals surface area contributed by atoms with Gasteiger partial charge in [-0.15, -0.1) is 39.7 Å². The Labute approximate surface area is 339 Å². The highest BCUT2D eigenvalue weighted by Crippen LogP contribution is 2.28. The Morgan fingerprint density at radius 3 is 1.61 bits per heavy atom. The van der Waals surface area contributed by atoms with Crippen LogP contribution in [-0.4, -0.2) is 94.6 Å². The lowest BCUT2D eigenvalue weighted by Crippen LogP contribution is -2.38. The van der Waals surface area contributed by atoms with Gasteiger partial charge in [-0.3, -0.25) is 4.79 Å². The van der Waals surface area contributed by atoms with E-state index in [0.29, 0.717) is 18.2 Å². The van der Waals surface area contributed by atoms with E-state index in [4.69, 9.17) is 5.11 Å². The number of carbonyl (C=O) groups is 2. The van der Waals surface area contributed by atoms with Gasteiger partial charge in [-0.25, -0.2) is 24.7 Å². The zero-order chi connectivity index (χ0) is 38.7. The number of aromatic carboxylic acids is 1. The molecule has 0 radical (unpaired) electrons. The summed E-state index contributed by atoms with van der Waals surface area (Å²) in [4.78, 5) is 47.7. The molecule has 1 N–H and O–H groups in total. The second-order valence-corrected chi connectivity index (χ2v) is 15.8. The van der Waals surface area contributed by atoms with Crippen molar-refractivity contribution in [3.63, 3.8) is 0 Å². The van der Waals surface area contributed by atoms with E-state index in [1.807, 2.05) is 62.8 Å². The number of thiazole rings is 2. The maximum absolute atomic E-state index is 12.9. The fourth-order valence-corrected chi connectivity index (χ4v) is 7.57. The van der Waals surface area contributed by atoms with Crippen molar-refractivity contribution in [2.24, 2.45) is 9.98 Å². The van der Waals surface area contributed by atoms with Gasteiger partial charge < -0.3 is 19.8 Å². The van der Waals surface area contributed by atoms with Gasteiger partial charge in [0.15, 0.2) is 5.69 Å². The molecular formula is C41H56BrN7O3S2. The Hall–Kier alpha value is -3.94. The maximum Gasteiger partial charge on any atom is 0.355 e. The summed E-state index contributed by atoms with van der Waals surface area (Å²) in [6.07, 6.45) is 11.1. The van der Waals surface area contributed by atoms with E-state index in [9.17, 15) is 9.59 Å². The first-order valence-corrected chi connectivity index (χ1v) is 20.1. The van der Waals surface area contributed by atoms with Gasteiger partial charge in [0.1, 0.15) is 5.69 Å². The average Bonchev–Trinajstić information content (AvgIpc) is 3.83. The van der Waals surface area contributed by atoms with E-state index in [1.165, 1.54) is 41.7 Å². The normalized spacial score (nSPS) is 13.1. The van der Waals surface area contributed by atoms with Crippen molar-refractivity contribution >= 4 is 75.6 Å². The van der Waals surface area contributed by atoms with Crippen LogP contribution in [0.5, 0.6) is 0 Å². The third kappa shape index (κ3) is 12.6. The van der Waals surface area contributed by atoms with Gasteiger partial charge in [0.05, 0.1) is 34.1 Å². The number of aromatic nitrogens is 2. The summed E-state index contributed by atoms with van der Waals surface area (Å²) >= 11 is 2.96. The van der Waals surface area contributed by atoms with Gasteiger partial charge >= 0.3 is 5.97 Å². The molecule has 4 aromatic rings. The molecule has 292 valence electrons. The molecule has 2 heterocycles. The van der Waals surface area contributed by atoms with Crippen molar-refractivity contribution in [1.82, 2.24) is 24.7 Å². The van der Waals surface area contributed by atoms with Crippen molar-refractivity contribution in [3.05, 3.63) is 89.8 Å². The predicted molar refractivity (Wildman–Crippen MR) is 231 cm³/mol. The third-order valence-electron chi connectivity index (χ3n) is 9.76. The Balaban J connectivity index is 0.000000295. The van der Waals surface area contributed by atoms with Gasteiger partial charge in [0.2, 0.25) is 0 Å². The molecule has 0 atom stereocenters. The van der Waals surface area contributed by atoms with Crippen molar-refractivity contribution in [2.45, 2.75) is 92.5 Å². The summed E-state index contributed by atoms with van der Waals surface area (Å²) in [5.74, 6) is -0.924. The van der Waals surface area contributed by atoms with Crippen LogP contribution in [0.25, 0.3) is 0 Å². The molecule has 1 saturated carbocycles. The number of carboxylic acids is 1. The van der Waals surface area contributed by atoms with E-state index in [2.05, 4.69) is 76.8 Å². The molecule has 0 aliphatic heterocycles. The van der Waals surface area contributed by atoms with Crippen LogP contribution in [0, 0.1) is 27.7 Å². The molecule has 0 unspecified atom stereocenters. The van der Waals surface area contributed by atoms with Gasteiger partial charge in [0, 0.05) is 63.9 Å². The molecule has 10 nitrogen and oxygen atoms in total. The number of aryl methyl sites for hydroxylation is 4. The predicted octanol–water partition coefficient (Wildman–Crippen LogP) is 9.61. The molecule has 0 saturated heterocycles. The Morgan fingerprint density at radius 2 is 1.19 bits per heavy atom. The quantitative estimate of drug-likeness (QED) is 0.105. The second kappa shape index (κ2) is 21.2. The minimum absolute atomic E-state index is 0. The van der Waals surface area contributed by atoms with Crippen LogP contribution < -0.4 is 0 Å². The van der Waals surface area contributed by atoms with E-state index in [1.54, 1.807) is 16.7 Å². The molecule has 13 heteroatoms. The van der Waals surface area contributed by atoms with Gasteiger partial charge in [-0.1, -0.05) is 31.4 Å². The first-order valence-electron chi connectivity index (χ1n) is 18.4. The lowest BCUT2D eigenvalue weighted by atomic mass is 9.94. The van der Waals surface area contributed by atoms with Gasteiger partial charge in [0.25, 0.3) is 5.91 Å². The first-order chi connectivity index (χ1) is 25.3. The number of nitrogens with zero attached hydrogens (tertiary/aromatic N) is 7. The SMILES string of the molecule is Br.CCN(C)C=Nc1cc(C)c(Cc2nc(C(=O)N(C)C3CCCCC3)cs2)cc1C.CCN(C)C=Nc1cc(C)c(Cc2nc(C(=O)O)cs2)cc1C. The highest BCUT2D eigenvalue weighted by atomic mass is 79.9. The number of hydrogen-bond donors (Lipinski definition) is 1. The zero-order valence-electron chi connectivity index (χ0n) is 33.2. The smallest absolute Gasteiger partial charge is 0.355 e. The molecule has 2 aromatic carbocycles. The summed E-state index contributed by atoms with van der Waals surface area (Å²) in [7, 11) is 5.94. The van der Waals surface area contributed by atoms with Crippen LogP contribution in [0.15, 0.2) is 45.0 Å². The Kier molecular flexibility index (Phi) is 17.5. The van der Waals surface area contributed by atoms with Crippen LogP contribution in [0.1, 0.15) is 110 Å². The second-order valence-electron chi connectivity index (χ2n) is 13.9. The lowest BCUT2D eigenvalue weighted by molar-refractivity contribution is 0.0682. The van der Waals surface area contributed by atoms with E-state index in [-0.39, 0.29) is 28.6 Å². The fraction of sp³-hybridized carbons (Fsp3) is 0.463. The summed E-state index contributed by atoms with van der Waals surface area (Å²) in [5, 5.41) is 14.2. The molecular weight excluding hydrogens is 783 g/mol. The molecule has 0 bridgehead atoms. The number of carboxylic acid groups (broad SMARTS) is 1. The van der Waals surface area contributed by atoms with Crippen molar-refractivity contribution in [1.29, 1.82) is 0 Å². The molecule has 1 fully saturated rings. The van der Waals surface area contributed by atoms with Crippen LogP contribution in [0.3, 0.4) is 0 Å². The Bertz CT molecular complexity index is 1920. The zero-order valence-corrected chi connectivity index (χ0v) is 36.5. The summed E-state index contributed by atoms with van der Waals surface area (Å²) in [6, 6.07) is 8.87. The maximum atomic E-state index is 12.9. The summed E-state index contributed by atoms with van der Waals surface area (Å²) < 4.78 is 0. The van der Waals surface area contributed by atoms with Crippen LogP contribution in [-0.2, 0) is 12.8 Å². The lowest BCUT2D eigenvalue weighted by Gasteiger charge is -2.30. The van der Waals surface area contributed by atoms with E-state index < -0.39 is 5.97 Å². The number of hydrogen-bond acceptors (Lipinski definition) is 8. The molecule has 5 rings (SSSR count). The summed E-state index contributed by atoms with van der Waals surface area (Å²) in [5.41, 5.74) is 9.63. The van der Waals surface area contributed by atoms with Crippen LogP contribution in [0.4, 0.5) is 11.4 Å². The minimum Gasteiger partial charge on any atom is -0.476 e. The molecule has 1 aliphatic carbocycles. The molecule has 0 spiro atoms. The van der Waals surface area contributed by atoms with E-state index in [0.717, 1.165) is 76.0 Å². The number of amides is 1.